The Morgan fingerprint density at radius 2 is 1.62 bits per heavy atom. The highest BCUT2D eigenvalue weighted by molar-refractivity contribution is 5.03. The van der Waals surface area contributed by atoms with Crippen molar-refractivity contribution in [2.24, 2.45) is 5.92 Å². The molecule has 0 rings (SSSR count). The van der Waals surface area contributed by atoms with Crippen LogP contribution in [0.25, 0.3) is 0 Å². The summed E-state index contributed by atoms with van der Waals surface area (Å²) in [5, 5.41) is 0. The summed E-state index contributed by atoms with van der Waals surface area (Å²) in [6.45, 7) is 17.8. The van der Waals surface area contributed by atoms with Gasteiger partial charge in [0.05, 0.1) is 0 Å². The van der Waals surface area contributed by atoms with E-state index in [4.69, 9.17) is 0 Å². The molecule has 0 spiro atoms. The molecule has 0 radical (unpaired) electrons. The van der Waals surface area contributed by atoms with Crippen molar-refractivity contribution in [2.45, 2.75) is 78.6 Å². The summed E-state index contributed by atoms with van der Waals surface area (Å²) < 4.78 is 0. The smallest absolute Gasteiger partial charge is 0.0291 e. The molecular weight excluding hydrogens is 252 g/mol. The van der Waals surface area contributed by atoms with Crippen LogP contribution in [0.4, 0.5) is 0 Å². The zero-order valence-electron chi connectivity index (χ0n) is 14.9. The Morgan fingerprint density at radius 1 is 0.952 bits per heavy atom. The molecule has 0 aromatic rings. The summed E-state index contributed by atoms with van der Waals surface area (Å²) in [5.41, 5.74) is 1.64. The van der Waals surface area contributed by atoms with Crippen molar-refractivity contribution in [1.82, 2.24) is 0 Å². The summed E-state index contributed by atoms with van der Waals surface area (Å²) in [4.78, 5) is 0. The summed E-state index contributed by atoms with van der Waals surface area (Å²) >= 11 is 0. The number of allylic oxidation sites excluding steroid dienone is 5. The van der Waals surface area contributed by atoms with Gasteiger partial charge in [-0.25, -0.2) is 0 Å². The lowest BCUT2D eigenvalue weighted by atomic mass is 9.94. The van der Waals surface area contributed by atoms with Crippen molar-refractivity contribution in [3.8, 4) is 0 Å². The maximum Gasteiger partial charge on any atom is -0.0291 e. The van der Waals surface area contributed by atoms with Crippen molar-refractivity contribution in [1.29, 1.82) is 0 Å². The third kappa shape index (κ3) is 19.0. The highest BCUT2D eigenvalue weighted by Crippen LogP contribution is 2.21. The van der Waals surface area contributed by atoms with E-state index in [1.54, 1.807) is 5.57 Å². The van der Waals surface area contributed by atoms with Gasteiger partial charge in [-0.15, -0.1) is 19.7 Å². The molecule has 0 nitrogen and oxygen atoms in total. The predicted molar refractivity (Wildman–Crippen MR) is 101 cm³/mol. The molecule has 1 atom stereocenters. The first-order valence-electron chi connectivity index (χ1n) is 8.66. The Kier molecular flexibility index (Phi) is 20.1. The summed E-state index contributed by atoms with van der Waals surface area (Å²) in [6.07, 6.45) is 19.3. The van der Waals surface area contributed by atoms with E-state index < -0.39 is 0 Å². The summed E-state index contributed by atoms with van der Waals surface area (Å²) in [5.74, 6) is 0.745. The van der Waals surface area contributed by atoms with Crippen molar-refractivity contribution in [3.05, 3.63) is 49.6 Å². The van der Waals surface area contributed by atoms with Crippen LogP contribution in [0.3, 0.4) is 0 Å². The van der Waals surface area contributed by atoms with Gasteiger partial charge in [0.1, 0.15) is 0 Å². The van der Waals surface area contributed by atoms with Gasteiger partial charge >= 0.3 is 0 Å². The van der Waals surface area contributed by atoms with Crippen LogP contribution >= 0.6 is 0 Å². The molecule has 0 aliphatic rings. The SMILES string of the molecule is C=CCCC.C=CCCCCC(=CCC)CC(C)CC=C. The van der Waals surface area contributed by atoms with Gasteiger partial charge in [0, 0.05) is 0 Å². The van der Waals surface area contributed by atoms with E-state index in [1.807, 2.05) is 18.2 Å². The Labute approximate surface area is 134 Å². The first-order chi connectivity index (χ1) is 10.2. The van der Waals surface area contributed by atoms with E-state index >= 15 is 0 Å². The predicted octanol–water partition coefficient (Wildman–Crippen LogP) is 7.64. The van der Waals surface area contributed by atoms with E-state index in [9.17, 15) is 0 Å². The molecule has 0 aliphatic carbocycles. The van der Waals surface area contributed by atoms with Crippen LogP contribution in [-0.4, -0.2) is 0 Å². The van der Waals surface area contributed by atoms with Gasteiger partial charge in [-0.3, -0.25) is 0 Å². The molecule has 0 bridgehead atoms. The normalized spacial score (nSPS) is 12.0. The monoisotopic (exact) mass is 290 g/mol. The Morgan fingerprint density at radius 3 is 2.05 bits per heavy atom. The first-order valence-corrected chi connectivity index (χ1v) is 8.66. The highest BCUT2D eigenvalue weighted by atomic mass is 14.1. The Hall–Kier alpha value is -1.04. The van der Waals surface area contributed by atoms with Gasteiger partial charge in [-0.05, 0) is 57.3 Å². The van der Waals surface area contributed by atoms with E-state index in [0.29, 0.717) is 0 Å². The lowest BCUT2D eigenvalue weighted by Crippen LogP contribution is -1.96. The van der Waals surface area contributed by atoms with Crippen LogP contribution in [0.5, 0.6) is 0 Å². The van der Waals surface area contributed by atoms with Gasteiger partial charge < -0.3 is 0 Å². The van der Waals surface area contributed by atoms with Crippen LogP contribution < -0.4 is 0 Å². The fourth-order valence-corrected chi connectivity index (χ4v) is 2.24. The topological polar surface area (TPSA) is 0 Å². The average molecular weight is 291 g/mol. The minimum Gasteiger partial charge on any atom is -0.103 e. The van der Waals surface area contributed by atoms with Crippen LogP contribution in [-0.2, 0) is 0 Å². The lowest BCUT2D eigenvalue weighted by Gasteiger charge is -2.12. The van der Waals surface area contributed by atoms with Gasteiger partial charge in [0.25, 0.3) is 0 Å². The van der Waals surface area contributed by atoms with Gasteiger partial charge in [0.15, 0.2) is 0 Å². The zero-order chi connectivity index (χ0) is 16.3. The quantitative estimate of drug-likeness (QED) is 0.256. The largest absolute Gasteiger partial charge is 0.103 e. The summed E-state index contributed by atoms with van der Waals surface area (Å²) in [7, 11) is 0. The van der Waals surface area contributed by atoms with Crippen LogP contribution in [0.15, 0.2) is 49.6 Å². The van der Waals surface area contributed by atoms with Crippen LogP contribution in [0.1, 0.15) is 78.6 Å². The van der Waals surface area contributed by atoms with E-state index in [0.717, 1.165) is 31.6 Å². The van der Waals surface area contributed by atoms with Crippen LogP contribution in [0.2, 0.25) is 0 Å². The molecule has 0 heterocycles. The fourth-order valence-electron chi connectivity index (χ4n) is 2.24. The molecule has 1 unspecified atom stereocenters. The van der Waals surface area contributed by atoms with Gasteiger partial charge in [-0.1, -0.05) is 57.1 Å². The number of unbranched alkanes of at least 4 members (excludes halogenated alkanes) is 3. The second-order valence-corrected chi connectivity index (χ2v) is 5.72. The van der Waals surface area contributed by atoms with Crippen molar-refractivity contribution in [3.63, 3.8) is 0 Å². The van der Waals surface area contributed by atoms with Gasteiger partial charge in [-0.2, -0.15) is 0 Å². The molecule has 122 valence electrons. The molecule has 0 saturated carbocycles. The average Bonchev–Trinajstić information content (AvgIpc) is 2.45. The molecule has 0 amide bonds. The minimum atomic E-state index is 0.745. The zero-order valence-corrected chi connectivity index (χ0v) is 14.9. The van der Waals surface area contributed by atoms with Gasteiger partial charge in [0.2, 0.25) is 0 Å². The van der Waals surface area contributed by atoms with Crippen molar-refractivity contribution < 1.29 is 0 Å². The Balaban J connectivity index is 0. The Bertz CT molecular complexity index is 270. The molecule has 0 fully saturated rings. The molecule has 0 aliphatic heterocycles. The molecule has 0 N–H and O–H groups in total. The van der Waals surface area contributed by atoms with Crippen molar-refractivity contribution in [2.75, 3.05) is 0 Å². The standard InChI is InChI=1S/C16H28.C5H10/c1-5-8-9-10-13-16(12-7-3)14-15(4)11-6-2;1-3-5-4-2/h5-6,12,15H,1-2,7-11,13-14H2,3-4H3;3H,1,4-5H2,2H3. The highest BCUT2D eigenvalue weighted by Gasteiger charge is 2.04. The third-order valence-corrected chi connectivity index (χ3v) is 3.32. The minimum absolute atomic E-state index is 0.745. The molecular formula is C21H38. The first kappa shape index (κ1) is 22.2. The molecule has 0 aromatic carbocycles. The molecule has 0 saturated heterocycles. The maximum atomic E-state index is 3.81. The summed E-state index contributed by atoms with van der Waals surface area (Å²) in [6, 6.07) is 0. The molecule has 0 heteroatoms. The van der Waals surface area contributed by atoms with Crippen molar-refractivity contribution >= 4 is 0 Å². The molecule has 21 heavy (non-hydrogen) atoms. The number of hydrogen-bond donors (Lipinski definition) is 0. The van der Waals surface area contributed by atoms with E-state index in [1.165, 1.54) is 32.1 Å². The van der Waals surface area contributed by atoms with E-state index in [2.05, 4.69) is 46.6 Å². The second kappa shape index (κ2) is 19.0. The number of rotatable bonds is 12. The fraction of sp³-hybridized carbons (Fsp3) is 0.619. The van der Waals surface area contributed by atoms with Crippen LogP contribution in [0, 0.1) is 5.92 Å². The maximum absolute atomic E-state index is 3.81. The molecule has 0 aromatic heterocycles. The second-order valence-electron chi connectivity index (χ2n) is 5.72. The lowest BCUT2D eigenvalue weighted by molar-refractivity contribution is 0.564. The number of hydrogen-bond acceptors (Lipinski definition) is 0. The third-order valence-electron chi connectivity index (χ3n) is 3.32. The van der Waals surface area contributed by atoms with E-state index in [-0.39, 0.29) is 0 Å².